The second-order valence-electron chi connectivity index (χ2n) is 6.78. The van der Waals surface area contributed by atoms with Crippen LogP contribution in [0.25, 0.3) is 10.9 Å². The third-order valence-electron chi connectivity index (χ3n) is 4.42. The van der Waals surface area contributed by atoms with Gasteiger partial charge in [0.25, 0.3) is 11.6 Å². The van der Waals surface area contributed by atoms with Crippen molar-refractivity contribution in [2.24, 2.45) is 5.92 Å². The third kappa shape index (κ3) is 3.95. The van der Waals surface area contributed by atoms with Gasteiger partial charge in [-0.2, -0.15) is 0 Å². The van der Waals surface area contributed by atoms with Gasteiger partial charge in [0.2, 0.25) is 0 Å². The number of para-hydroxylation sites is 1. The van der Waals surface area contributed by atoms with Gasteiger partial charge < -0.3 is 9.88 Å². The fourth-order valence-corrected chi connectivity index (χ4v) is 3.13. The molecule has 0 unspecified atom stereocenters. The van der Waals surface area contributed by atoms with Crippen molar-refractivity contribution in [1.29, 1.82) is 0 Å². The molecule has 2 aromatic carbocycles. The van der Waals surface area contributed by atoms with Crippen molar-refractivity contribution >= 4 is 39.8 Å². The minimum absolute atomic E-state index is 0.0115. The fraction of sp³-hybridized carbons (Fsp3) is 0.250. The van der Waals surface area contributed by atoms with Crippen molar-refractivity contribution < 1.29 is 9.72 Å². The molecule has 140 valence electrons. The highest BCUT2D eigenvalue weighted by Crippen LogP contribution is 2.30. The number of rotatable bonds is 6. The van der Waals surface area contributed by atoms with Crippen LogP contribution >= 0.6 is 11.6 Å². The number of aromatic nitrogens is 1. The zero-order valence-corrected chi connectivity index (χ0v) is 15.9. The van der Waals surface area contributed by atoms with Gasteiger partial charge in [-0.15, -0.1) is 0 Å². The van der Waals surface area contributed by atoms with Crippen LogP contribution in [0.15, 0.2) is 48.7 Å². The number of benzene rings is 2. The van der Waals surface area contributed by atoms with Crippen LogP contribution in [-0.2, 0) is 0 Å². The summed E-state index contributed by atoms with van der Waals surface area (Å²) in [6.45, 7) is 4.69. The van der Waals surface area contributed by atoms with Crippen molar-refractivity contribution in [2.45, 2.75) is 20.3 Å². The Balaban J connectivity index is 2.04. The minimum atomic E-state index is -0.580. The lowest BCUT2D eigenvalue weighted by Gasteiger charge is -2.23. The highest BCUT2D eigenvalue weighted by Gasteiger charge is 2.23. The van der Waals surface area contributed by atoms with Crippen LogP contribution in [0.4, 0.5) is 11.4 Å². The maximum Gasteiger partial charge on any atom is 0.288 e. The van der Waals surface area contributed by atoms with Gasteiger partial charge in [-0.25, -0.2) is 0 Å². The van der Waals surface area contributed by atoms with E-state index in [4.69, 9.17) is 11.6 Å². The normalized spacial score (nSPS) is 11.1. The van der Waals surface area contributed by atoms with Gasteiger partial charge >= 0.3 is 0 Å². The van der Waals surface area contributed by atoms with E-state index >= 15 is 0 Å². The lowest BCUT2D eigenvalue weighted by molar-refractivity contribution is -0.384. The summed E-state index contributed by atoms with van der Waals surface area (Å²) >= 11 is 5.88. The number of nitrogens with zero attached hydrogens (tertiary/aromatic N) is 2. The summed E-state index contributed by atoms with van der Waals surface area (Å²) in [6.07, 6.45) is 2.61. The lowest BCUT2D eigenvalue weighted by atomic mass is 10.1. The fourth-order valence-electron chi connectivity index (χ4n) is 2.94. The summed E-state index contributed by atoms with van der Waals surface area (Å²) in [5, 5.41) is 12.1. The molecule has 1 amide bonds. The number of aromatic amines is 1. The molecule has 0 saturated carbocycles. The molecular weight excluding hydrogens is 366 g/mol. The molecule has 6 nitrogen and oxygen atoms in total. The van der Waals surface area contributed by atoms with E-state index in [1.54, 1.807) is 11.1 Å². The number of carbonyl (C=O) groups is 1. The van der Waals surface area contributed by atoms with Crippen LogP contribution in [0.5, 0.6) is 0 Å². The second kappa shape index (κ2) is 7.80. The van der Waals surface area contributed by atoms with E-state index < -0.39 is 4.92 Å². The van der Waals surface area contributed by atoms with Crippen LogP contribution in [0.1, 0.15) is 30.6 Å². The molecule has 0 spiro atoms. The number of nitro benzene ring substituents is 1. The van der Waals surface area contributed by atoms with E-state index in [0.717, 1.165) is 23.0 Å². The first-order valence-corrected chi connectivity index (χ1v) is 9.08. The molecule has 0 aliphatic rings. The van der Waals surface area contributed by atoms with Gasteiger partial charge in [-0.1, -0.05) is 43.6 Å². The molecule has 1 N–H and O–H groups in total. The van der Waals surface area contributed by atoms with Crippen molar-refractivity contribution in [3.05, 3.63) is 69.4 Å². The van der Waals surface area contributed by atoms with E-state index in [2.05, 4.69) is 18.8 Å². The predicted molar refractivity (Wildman–Crippen MR) is 108 cm³/mol. The summed E-state index contributed by atoms with van der Waals surface area (Å²) in [6, 6.07) is 11.9. The number of anilines is 1. The Kier molecular flexibility index (Phi) is 5.46. The first-order valence-electron chi connectivity index (χ1n) is 8.70. The zero-order chi connectivity index (χ0) is 19.6. The number of H-pyrrole nitrogens is 1. The van der Waals surface area contributed by atoms with Crippen molar-refractivity contribution in [3.63, 3.8) is 0 Å². The molecule has 3 aromatic rings. The average Bonchev–Trinajstić information content (AvgIpc) is 3.06. The van der Waals surface area contributed by atoms with Crippen molar-refractivity contribution in [3.8, 4) is 0 Å². The minimum Gasteiger partial charge on any atom is -0.359 e. The Bertz CT molecular complexity index is 997. The van der Waals surface area contributed by atoms with Crippen molar-refractivity contribution in [1.82, 2.24) is 4.98 Å². The third-order valence-corrected chi connectivity index (χ3v) is 4.74. The van der Waals surface area contributed by atoms with Gasteiger partial charge in [0.05, 0.1) is 10.6 Å². The first-order chi connectivity index (χ1) is 12.9. The van der Waals surface area contributed by atoms with Gasteiger partial charge in [-0.05, 0) is 30.5 Å². The number of fused-ring (bicyclic) bond motifs is 1. The largest absolute Gasteiger partial charge is 0.359 e. The molecule has 27 heavy (non-hydrogen) atoms. The number of hydrogen-bond donors (Lipinski definition) is 1. The van der Waals surface area contributed by atoms with Crippen LogP contribution in [0, 0.1) is 16.0 Å². The smallest absolute Gasteiger partial charge is 0.288 e. The number of nitro groups is 1. The summed E-state index contributed by atoms with van der Waals surface area (Å²) in [5.74, 6) is 0.116. The Morgan fingerprint density at radius 1 is 1.26 bits per heavy atom. The van der Waals surface area contributed by atoms with Crippen LogP contribution in [0.3, 0.4) is 0 Å². The maximum atomic E-state index is 13.2. The Labute approximate surface area is 161 Å². The topological polar surface area (TPSA) is 79.2 Å². The second-order valence-corrected chi connectivity index (χ2v) is 7.19. The Hall–Kier alpha value is -2.86. The van der Waals surface area contributed by atoms with E-state index in [-0.39, 0.29) is 22.2 Å². The van der Waals surface area contributed by atoms with Gasteiger partial charge in [0.1, 0.15) is 5.02 Å². The number of nitrogens with one attached hydrogen (secondary N) is 1. The first kappa shape index (κ1) is 18.9. The maximum absolute atomic E-state index is 13.2. The molecule has 0 bridgehead atoms. The van der Waals surface area contributed by atoms with Crippen LogP contribution in [0.2, 0.25) is 5.02 Å². The average molecular weight is 386 g/mol. The lowest BCUT2D eigenvalue weighted by Crippen LogP contribution is -2.32. The number of carbonyl (C=O) groups excluding carboxylic acids is 1. The monoisotopic (exact) mass is 385 g/mol. The van der Waals surface area contributed by atoms with Gasteiger partial charge in [-0.3, -0.25) is 14.9 Å². The Morgan fingerprint density at radius 2 is 2.00 bits per heavy atom. The molecule has 1 aromatic heterocycles. The van der Waals surface area contributed by atoms with Gasteiger partial charge in [0.15, 0.2) is 0 Å². The molecule has 0 radical (unpaired) electrons. The number of amides is 1. The molecular formula is C20H20ClN3O3. The standard InChI is InChI=1S/C20H20ClN3O3/c1-13(2)9-10-23(19-12-22-17-6-4-3-5-15(17)19)20(25)14-7-8-16(21)18(11-14)24(26)27/h3-8,11-13,22H,9-10H2,1-2H3. The van der Waals surface area contributed by atoms with E-state index in [9.17, 15) is 14.9 Å². The number of hydrogen-bond acceptors (Lipinski definition) is 3. The van der Waals surface area contributed by atoms with Gasteiger partial charge in [0, 0.05) is 35.3 Å². The highest BCUT2D eigenvalue weighted by molar-refractivity contribution is 6.32. The SMILES string of the molecule is CC(C)CCN(C(=O)c1ccc(Cl)c([N+](=O)[O-])c1)c1c[nH]c2ccccc12. The Morgan fingerprint density at radius 3 is 2.70 bits per heavy atom. The molecule has 0 atom stereocenters. The molecule has 7 heteroatoms. The van der Waals surface area contributed by atoms with Crippen molar-refractivity contribution in [2.75, 3.05) is 11.4 Å². The van der Waals surface area contributed by atoms with E-state index in [0.29, 0.717) is 12.5 Å². The molecule has 3 rings (SSSR count). The molecule has 0 aliphatic heterocycles. The summed E-state index contributed by atoms with van der Waals surface area (Å²) in [5.41, 5.74) is 1.65. The summed E-state index contributed by atoms with van der Waals surface area (Å²) in [4.78, 5) is 28.7. The molecule has 0 fully saturated rings. The van der Waals surface area contributed by atoms with E-state index in [1.165, 1.54) is 18.2 Å². The zero-order valence-electron chi connectivity index (χ0n) is 15.1. The van der Waals surface area contributed by atoms with Crippen LogP contribution in [-0.4, -0.2) is 22.4 Å². The number of halogens is 1. The predicted octanol–water partition coefficient (Wildman–Crippen LogP) is 5.42. The van der Waals surface area contributed by atoms with E-state index in [1.807, 2.05) is 24.3 Å². The van der Waals surface area contributed by atoms with Crippen LogP contribution < -0.4 is 4.90 Å². The molecule has 0 aliphatic carbocycles. The molecule has 0 saturated heterocycles. The molecule has 1 heterocycles. The summed E-state index contributed by atoms with van der Waals surface area (Å²) < 4.78 is 0. The highest BCUT2D eigenvalue weighted by atomic mass is 35.5. The quantitative estimate of drug-likeness (QED) is 0.454. The summed E-state index contributed by atoms with van der Waals surface area (Å²) in [7, 11) is 0.